The lowest BCUT2D eigenvalue weighted by Gasteiger charge is -2.30. The van der Waals surface area contributed by atoms with Crippen LogP contribution in [-0.4, -0.2) is 43.8 Å². The van der Waals surface area contributed by atoms with Crippen LogP contribution in [0.1, 0.15) is 25.0 Å². The van der Waals surface area contributed by atoms with Crippen LogP contribution < -0.4 is 19.3 Å². The molecule has 0 unspecified atom stereocenters. The lowest BCUT2D eigenvalue weighted by atomic mass is 9.99. The van der Waals surface area contributed by atoms with Gasteiger partial charge >= 0.3 is 0 Å². The molecule has 0 N–H and O–H groups in total. The average Bonchev–Trinajstić information content (AvgIpc) is 2.67. The highest BCUT2D eigenvalue weighted by molar-refractivity contribution is 5.51. The van der Waals surface area contributed by atoms with Crippen LogP contribution in [0.3, 0.4) is 0 Å². The van der Waals surface area contributed by atoms with Crippen molar-refractivity contribution in [1.82, 2.24) is 9.97 Å². The molecule has 0 spiro atoms. The van der Waals surface area contributed by atoms with Crippen LogP contribution >= 0.6 is 0 Å². The molecule has 0 aliphatic carbocycles. The zero-order valence-electron chi connectivity index (χ0n) is 15.5. The summed E-state index contributed by atoms with van der Waals surface area (Å²) in [6.45, 7) is 7.82. The van der Waals surface area contributed by atoms with E-state index >= 15 is 0 Å². The molecule has 0 bridgehead atoms. The molecule has 2 heterocycles. The van der Waals surface area contributed by atoms with Crippen molar-refractivity contribution in [3.63, 3.8) is 0 Å². The number of hydrogen-bond donors (Lipinski definition) is 0. The Bertz CT molecular complexity index is 731. The quantitative estimate of drug-likeness (QED) is 0.804. The van der Waals surface area contributed by atoms with E-state index in [2.05, 4.69) is 40.8 Å². The first kappa shape index (κ1) is 17.3. The number of rotatable bonds is 6. The molecule has 0 atom stereocenters. The van der Waals surface area contributed by atoms with E-state index in [1.165, 1.54) is 11.1 Å². The van der Waals surface area contributed by atoms with E-state index in [0.29, 0.717) is 0 Å². The molecule has 6 heteroatoms. The van der Waals surface area contributed by atoms with Crippen molar-refractivity contribution < 1.29 is 9.47 Å². The van der Waals surface area contributed by atoms with Gasteiger partial charge in [-0.2, -0.15) is 4.98 Å². The van der Waals surface area contributed by atoms with Crippen molar-refractivity contribution in [2.75, 3.05) is 43.7 Å². The highest BCUT2D eigenvalue weighted by Gasteiger charge is 2.21. The molecule has 25 heavy (non-hydrogen) atoms. The first-order valence-corrected chi connectivity index (χ1v) is 8.76. The number of nitrogens with zero attached hydrogens (tertiary/aromatic N) is 4. The van der Waals surface area contributed by atoms with Crippen molar-refractivity contribution in [3.05, 3.63) is 35.5 Å². The van der Waals surface area contributed by atoms with Gasteiger partial charge in [-0.25, -0.2) is 4.98 Å². The van der Waals surface area contributed by atoms with Crippen molar-refractivity contribution in [3.8, 4) is 11.5 Å². The van der Waals surface area contributed by atoms with Crippen molar-refractivity contribution in [2.45, 2.75) is 26.8 Å². The Balaban J connectivity index is 1.86. The molecule has 134 valence electrons. The largest absolute Gasteiger partial charge is 0.493 e. The number of methoxy groups -OCH3 is 2. The minimum atomic E-state index is 0.765. The Morgan fingerprint density at radius 3 is 2.40 bits per heavy atom. The van der Waals surface area contributed by atoms with Gasteiger partial charge in [-0.15, -0.1) is 0 Å². The van der Waals surface area contributed by atoms with Gasteiger partial charge < -0.3 is 19.3 Å². The van der Waals surface area contributed by atoms with Crippen LogP contribution in [0.4, 0.5) is 11.8 Å². The standard InChI is InChI=1S/C19H26N4O2/c1-5-22(6-2)18-7-9-20-19(21-18)23-10-8-14-11-16(24-3)17(25-4)12-15(14)13-23/h7,9,11-12H,5-6,8,10,13H2,1-4H3. The van der Waals surface area contributed by atoms with Gasteiger partial charge in [0.2, 0.25) is 5.95 Å². The zero-order chi connectivity index (χ0) is 17.8. The van der Waals surface area contributed by atoms with E-state index < -0.39 is 0 Å². The summed E-state index contributed by atoms with van der Waals surface area (Å²) >= 11 is 0. The lowest BCUT2D eigenvalue weighted by molar-refractivity contribution is 0.353. The average molecular weight is 342 g/mol. The first-order chi connectivity index (χ1) is 12.2. The second-order valence-electron chi connectivity index (χ2n) is 6.03. The summed E-state index contributed by atoms with van der Waals surface area (Å²) in [6.07, 6.45) is 2.79. The van der Waals surface area contributed by atoms with Gasteiger partial charge in [-0.1, -0.05) is 0 Å². The normalized spacial score (nSPS) is 13.4. The van der Waals surface area contributed by atoms with Crippen LogP contribution in [0.15, 0.2) is 24.4 Å². The molecule has 2 aromatic rings. The molecule has 0 saturated heterocycles. The fourth-order valence-corrected chi connectivity index (χ4v) is 3.27. The molecule has 6 nitrogen and oxygen atoms in total. The Morgan fingerprint density at radius 2 is 1.76 bits per heavy atom. The Kier molecular flexibility index (Phi) is 5.26. The Labute approximate surface area is 149 Å². The summed E-state index contributed by atoms with van der Waals surface area (Å²) in [5, 5.41) is 0. The van der Waals surface area contributed by atoms with E-state index in [1.54, 1.807) is 14.2 Å². The van der Waals surface area contributed by atoms with Gasteiger partial charge in [0.15, 0.2) is 11.5 Å². The second kappa shape index (κ2) is 7.59. The third-order valence-electron chi connectivity index (χ3n) is 4.72. The molecule has 1 aliphatic rings. The van der Waals surface area contributed by atoms with Gasteiger partial charge in [-0.3, -0.25) is 0 Å². The van der Waals surface area contributed by atoms with Crippen molar-refractivity contribution >= 4 is 11.8 Å². The molecular weight excluding hydrogens is 316 g/mol. The summed E-state index contributed by atoms with van der Waals surface area (Å²) in [5.74, 6) is 3.31. The third-order valence-corrected chi connectivity index (χ3v) is 4.72. The fourth-order valence-electron chi connectivity index (χ4n) is 3.27. The minimum absolute atomic E-state index is 0.765. The molecule has 0 fully saturated rings. The summed E-state index contributed by atoms with van der Waals surface area (Å²) in [5.41, 5.74) is 2.54. The number of ether oxygens (including phenoxy) is 2. The number of anilines is 2. The smallest absolute Gasteiger partial charge is 0.227 e. The zero-order valence-corrected chi connectivity index (χ0v) is 15.5. The van der Waals surface area contributed by atoms with Crippen molar-refractivity contribution in [1.29, 1.82) is 0 Å². The van der Waals surface area contributed by atoms with E-state index in [4.69, 9.17) is 14.5 Å². The lowest BCUT2D eigenvalue weighted by Crippen LogP contribution is -2.32. The van der Waals surface area contributed by atoms with Crippen LogP contribution in [0, 0.1) is 0 Å². The Morgan fingerprint density at radius 1 is 1.08 bits per heavy atom. The molecule has 1 aromatic heterocycles. The fraction of sp³-hybridized carbons (Fsp3) is 0.474. The molecule has 0 amide bonds. The summed E-state index contributed by atoms with van der Waals surface area (Å²) < 4.78 is 10.9. The van der Waals surface area contributed by atoms with E-state index in [0.717, 1.165) is 55.9 Å². The van der Waals surface area contributed by atoms with E-state index in [-0.39, 0.29) is 0 Å². The molecule has 3 rings (SSSR count). The number of hydrogen-bond acceptors (Lipinski definition) is 6. The highest BCUT2D eigenvalue weighted by atomic mass is 16.5. The maximum Gasteiger partial charge on any atom is 0.227 e. The molecule has 1 aliphatic heterocycles. The summed E-state index contributed by atoms with van der Waals surface area (Å²) in [6, 6.07) is 6.12. The van der Waals surface area contributed by atoms with Crippen molar-refractivity contribution in [2.24, 2.45) is 0 Å². The van der Waals surface area contributed by atoms with Gasteiger partial charge in [0, 0.05) is 32.4 Å². The third kappa shape index (κ3) is 3.48. The van der Waals surface area contributed by atoms with Crippen LogP contribution in [0.25, 0.3) is 0 Å². The highest BCUT2D eigenvalue weighted by Crippen LogP contribution is 2.34. The van der Waals surface area contributed by atoms with Crippen LogP contribution in [0.2, 0.25) is 0 Å². The van der Waals surface area contributed by atoms with E-state index in [1.807, 2.05) is 12.3 Å². The maximum absolute atomic E-state index is 5.44. The van der Waals surface area contributed by atoms with Gasteiger partial charge in [0.1, 0.15) is 5.82 Å². The molecular formula is C19H26N4O2. The molecule has 1 aromatic carbocycles. The number of benzene rings is 1. The minimum Gasteiger partial charge on any atom is -0.493 e. The maximum atomic E-state index is 5.44. The van der Waals surface area contributed by atoms with Gasteiger partial charge in [0.25, 0.3) is 0 Å². The molecule has 0 radical (unpaired) electrons. The number of aromatic nitrogens is 2. The second-order valence-corrected chi connectivity index (χ2v) is 6.03. The molecule has 0 saturated carbocycles. The summed E-state index contributed by atoms with van der Waals surface area (Å²) in [4.78, 5) is 13.7. The predicted molar refractivity (Wildman–Crippen MR) is 99.9 cm³/mol. The number of fused-ring (bicyclic) bond motifs is 1. The Hall–Kier alpha value is -2.50. The first-order valence-electron chi connectivity index (χ1n) is 8.76. The SMILES string of the molecule is CCN(CC)c1ccnc(N2CCc3cc(OC)c(OC)cc3C2)n1. The van der Waals surface area contributed by atoms with Crippen LogP contribution in [0.5, 0.6) is 11.5 Å². The van der Waals surface area contributed by atoms with Gasteiger partial charge in [0.05, 0.1) is 14.2 Å². The topological polar surface area (TPSA) is 50.7 Å². The van der Waals surface area contributed by atoms with E-state index in [9.17, 15) is 0 Å². The van der Waals surface area contributed by atoms with Gasteiger partial charge in [-0.05, 0) is 49.6 Å². The predicted octanol–water partition coefficient (Wildman–Crippen LogP) is 2.90. The monoisotopic (exact) mass is 342 g/mol. The summed E-state index contributed by atoms with van der Waals surface area (Å²) in [7, 11) is 3.34. The van der Waals surface area contributed by atoms with Crippen LogP contribution in [-0.2, 0) is 13.0 Å².